The van der Waals surface area contributed by atoms with Gasteiger partial charge in [0.1, 0.15) is 0 Å². The van der Waals surface area contributed by atoms with Crippen molar-refractivity contribution in [1.29, 1.82) is 0 Å². The zero-order valence-electron chi connectivity index (χ0n) is 17.4. The van der Waals surface area contributed by atoms with Crippen molar-refractivity contribution < 1.29 is 9.90 Å². The molecule has 0 spiro atoms. The van der Waals surface area contributed by atoms with Crippen molar-refractivity contribution in [3.63, 3.8) is 0 Å². The summed E-state index contributed by atoms with van der Waals surface area (Å²) in [6, 6.07) is 21.3. The Bertz CT molecular complexity index is 1080. The Balaban J connectivity index is 2.19. The minimum absolute atomic E-state index is 0.246. The highest BCUT2D eigenvalue weighted by Crippen LogP contribution is 2.39. The Morgan fingerprint density at radius 2 is 1.83 bits per heavy atom. The molecule has 152 valence electrons. The molecule has 0 aromatic heterocycles. The van der Waals surface area contributed by atoms with E-state index in [4.69, 9.17) is 6.42 Å². The van der Waals surface area contributed by atoms with E-state index in [9.17, 15) is 9.90 Å². The minimum atomic E-state index is -0.951. The molecule has 3 rings (SSSR count). The van der Waals surface area contributed by atoms with Gasteiger partial charge >= 0.3 is 5.97 Å². The summed E-state index contributed by atoms with van der Waals surface area (Å²) in [4.78, 5) is 14.8. The molecule has 0 aliphatic carbocycles. The standard InChI is InChI=1S/C26H25NO2S/c1-5-19-15-24(27(17-18(2)3)22-12-7-6-8-13-22)25(30-4)16-23(19)20-10-9-11-21(14-20)26(28)29/h1,6-16,18H,17H2,2-4H3,(H,28,29). The summed E-state index contributed by atoms with van der Waals surface area (Å²) in [5.74, 6) is 2.32. The second-order valence-electron chi connectivity index (χ2n) is 7.44. The summed E-state index contributed by atoms with van der Waals surface area (Å²) in [5, 5.41) is 9.36. The second kappa shape index (κ2) is 9.56. The van der Waals surface area contributed by atoms with Gasteiger partial charge in [-0.15, -0.1) is 18.2 Å². The number of carboxylic acids is 1. The largest absolute Gasteiger partial charge is 0.478 e. The first-order chi connectivity index (χ1) is 14.4. The number of carbonyl (C=O) groups is 1. The van der Waals surface area contributed by atoms with Crippen LogP contribution in [0.25, 0.3) is 11.1 Å². The maximum absolute atomic E-state index is 11.4. The van der Waals surface area contributed by atoms with Crippen molar-refractivity contribution in [2.24, 2.45) is 5.92 Å². The molecule has 0 fully saturated rings. The first-order valence-corrected chi connectivity index (χ1v) is 11.0. The van der Waals surface area contributed by atoms with Crippen molar-refractivity contribution in [2.75, 3.05) is 17.7 Å². The van der Waals surface area contributed by atoms with Gasteiger partial charge < -0.3 is 10.0 Å². The van der Waals surface area contributed by atoms with Gasteiger partial charge in [-0.1, -0.05) is 50.1 Å². The number of hydrogen-bond acceptors (Lipinski definition) is 3. The molecule has 0 aliphatic rings. The third-order valence-corrected chi connectivity index (χ3v) is 5.57. The fraction of sp³-hybridized carbons (Fsp3) is 0.192. The Morgan fingerprint density at radius 1 is 1.10 bits per heavy atom. The number of carboxylic acid groups (broad SMARTS) is 1. The number of terminal acetylenes is 1. The summed E-state index contributed by atoms with van der Waals surface area (Å²) in [6.45, 7) is 5.25. The molecule has 3 aromatic rings. The molecule has 0 radical (unpaired) electrons. The van der Waals surface area contributed by atoms with Gasteiger partial charge in [0.05, 0.1) is 11.3 Å². The van der Waals surface area contributed by atoms with Crippen LogP contribution in [0.5, 0.6) is 0 Å². The molecule has 0 saturated heterocycles. The molecule has 3 aromatic carbocycles. The average molecular weight is 416 g/mol. The van der Waals surface area contributed by atoms with E-state index in [1.165, 1.54) is 0 Å². The van der Waals surface area contributed by atoms with E-state index in [0.717, 1.165) is 39.5 Å². The zero-order chi connectivity index (χ0) is 21.7. The average Bonchev–Trinajstić information content (AvgIpc) is 2.77. The fourth-order valence-corrected chi connectivity index (χ4v) is 4.05. The molecule has 0 aliphatic heterocycles. The molecule has 0 atom stereocenters. The first-order valence-electron chi connectivity index (χ1n) is 9.79. The van der Waals surface area contributed by atoms with Gasteiger partial charge in [0, 0.05) is 22.7 Å². The lowest BCUT2D eigenvalue weighted by Gasteiger charge is -2.29. The maximum atomic E-state index is 11.4. The van der Waals surface area contributed by atoms with Crippen LogP contribution in [0.15, 0.2) is 71.6 Å². The minimum Gasteiger partial charge on any atom is -0.478 e. The highest BCUT2D eigenvalue weighted by atomic mass is 32.2. The molecular weight excluding hydrogens is 390 g/mol. The summed E-state index contributed by atoms with van der Waals surface area (Å²) in [6.07, 6.45) is 7.94. The molecule has 3 nitrogen and oxygen atoms in total. The smallest absolute Gasteiger partial charge is 0.335 e. The van der Waals surface area contributed by atoms with Crippen LogP contribution in [-0.4, -0.2) is 23.9 Å². The summed E-state index contributed by atoms with van der Waals surface area (Å²) >= 11 is 1.66. The third kappa shape index (κ3) is 4.69. The Hall–Kier alpha value is -3.16. The first kappa shape index (κ1) is 21.5. The number of para-hydroxylation sites is 1. The van der Waals surface area contributed by atoms with E-state index < -0.39 is 5.97 Å². The van der Waals surface area contributed by atoms with E-state index in [0.29, 0.717) is 5.92 Å². The second-order valence-corrected chi connectivity index (χ2v) is 8.29. The predicted octanol–water partition coefficient (Wildman–Crippen LogP) is 6.55. The van der Waals surface area contributed by atoms with E-state index in [1.807, 2.05) is 36.6 Å². The van der Waals surface area contributed by atoms with Crippen LogP contribution in [0.3, 0.4) is 0 Å². The molecule has 0 saturated carbocycles. The summed E-state index contributed by atoms with van der Waals surface area (Å²) < 4.78 is 0. The number of rotatable bonds is 7. The highest BCUT2D eigenvalue weighted by molar-refractivity contribution is 7.98. The van der Waals surface area contributed by atoms with Gasteiger partial charge in [-0.25, -0.2) is 4.79 Å². The predicted molar refractivity (Wildman–Crippen MR) is 127 cm³/mol. The van der Waals surface area contributed by atoms with Crippen molar-refractivity contribution >= 4 is 29.1 Å². The zero-order valence-corrected chi connectivity index (χ0v) is 18.2. The van der Waals surface area contributed by atoms with Crippen LogP contribution in [-0.2, 0) is 0 Å². The van der Waals surface area contributed by atoms with Gasteiger partial charge in [0.15, 0.2) is 0 Å². The van der Waals surface area contributed by atoms with Crippen molar-refractivity contribution in [3.8, 4) is 23.5 Å². The van der Waals surface area contributed by atoms with Crippen LogP contribution in [0, 0.1) is 18.3 Å². The molecule has 0 amide bonds. The number of aromatic carboxylic acids is 1. The Kier molecular flexibility index (Phi) is 6.87. The van der Waals surface area contributed by atoms with Gasteiger partial charge in [-0.2, -0.15) is 0 Å². The lowest BCUT2D eigenvalue weighted by molar-refractivity contribution is 0.0697. The van der Waals surface area contributed by atoms with E-state index >= 15 is 0 Å². The number of thioether (sulfide) groups is 1. The fourth-order valence-electron chi connectivity index (χ4n) is 3.44. The van der Waals surface area contributed by atoms with Gasteiger partial charge in [-0.3, -0.25) is 0 Å². The molecule has 0 bridgehead atoms. The topological polar surface area (TPSA) is 40.5 Å². The summed E-state index contributed by atoms with van der Waals surface area (Å²) in [7, 11) is 0. The van der Waals surface area contributed by atoms with Crippen LogP contribution in [0.4, 0.5) is 11.4 Å². The number of nitrogens with zero attached hydrogens (tertiary/aromatic N) is 1. The van der Waals surface area contributed by atoms with Gasteiger partial charge in [0.25, 0.3) is 0 Å². The van der Waals surface area contributed by atoms with E-state index in [2.05, 4.69) is 42.9 Å². The van der Waals surface area contributed by atoms with Crippen molar-refractivity contribution in [3.05, 3.63) is 77.9 Å². The van der Waals surface area contributed by atoms with Crippen LogP contribution >= 0.6 is 11.8 Å². The van der Waals surface area contributed by atoms with Gasteiger partial charge in [-0.05, 0) is 59.7 Å². The molecule has 0 heterocycles. The number of benzene rings is 3. The van der Waals surface area contributed by atoms with Crippen LogP contribution in [0.2, 0.25) is 0 Å². The lowest BCUT2D eigenvalue weighted by Crippen LogP contribution is -2.23. The SMILES string of the molecule is C#Cc1cc(N(CC(C)C)c2ccccc2)c(SC)cc1-c1cccc(C(=O)O)c1. The van der Waals surface area contributed by atoms with E-state index in [1.54, 1.807) is 30.0 Å². The number of hydrogen-bond donors (Lipinski definition) is 1. The van der Waals surface area contributed by atoms with Crippen molar-refractivity contribution in [1.82, 2.24) is 0 Å². The molecular formula is C26H25NO2S. The van der Waals surface area contributed by atoms with E-state index in [-0.39, 0.29) is 5.56 Å². The van der Waals surface area contributed by atoms with Crippen LogP contribution in [0.1, 0.15) is 29.8 Å². The molecule has 30 heavy (non-hydrogen) atoms. The van der Waals surface area contributed by atoms with Crippen molar-refractivity contribution in [2.45, 2.75) is 18.7 Å². The maximum Gasteiger partial charge on any atom is 0.335 e. The normalized spacial score (nSPS) is 10.6. The Labute approximate surface area is 182 Å². The highest BCUT2D eigenvalue weighted by Gasteiger charge is 2.18. The lowest BCUT2D eigenvalue weighted by atomic mass is 9.97. The molecule has 4 heteroatoms. The number of anilines is 2. The third-order valence-electron chi connectivity index (χ3n) is 4.80. The quantitative estimate of drug-likeness (QED) is 0.351. The molecule has 0 unspecified atom stereocenters. The monoisotopic (exact) mass is 415 g/mol. The molecule has 1 N–H and O–H groups in total. The van der Waals surface area contributed by atoms with Crippen LogP contribution < -0.4 is 4.90 Å². The Morgan fingerprint density at radius 3 is 2.43 bits per heavy atom. The van der Waals surface area contributed by atoms with Gasteiger partial charge in [0.2, 0.25) is 0 Å². The summed E-state index contributed by atoms with van der Waals surface area (Å²) in [5.41, 5.74) is 4.84.